The van der Waals surface area contributed by atoms with Gasteiger partial charge in [0, 0.05) is 12.2 Å². The van der Waals surface area contributed by atoms with Gasteiger partial charge in [-0.25, -0.2) is 17.9 Å². The van der Waals surface area contributed by atoms with Gasteiger partial charge in [0.05, 0.1) is 0 Å². The molecule has 4 rings (SSSR count). The molecule has 160 valence electrons. The maximum Gasteiger partial charge on any atom is 0.332 e. The van der Waals surface area contributed by atoms with Gasteiger partial charge >= 0.3 is 6.03 Å². The number of hydrogen-bond donors (Lipinski definition) is 2. The lowest BCUT2D eigenvalue weighted by atomic mass is 9.99. The van der Waals surface area contributed by atoms with Crippen LogP contribution in [0.2, 0.25) is 0 Å². The van der Waals surface area contributed by atoms with E-state index in [1.165, 1.54) is 22.3 Å². The van der Waals surface area contributed by atoms with Gasteiger partial charge in [0.2, 0.25) is 10.0 Å². The first-order valence-electron chi connectivity index (χ1n) is 10.7. The molecule has 0 unspecified atom stereocenters. The van der Waals surface area contributed by atoms with Crippen molar-refractivity contribution in [3.05, 3.63) is 64.2 Å². The Labute approximate surface area is 178 Å². The summed E-state index contributed by atoms with van der Waals surface area (Å²) < 4.78 is 27.5. The Morgan fingerprint density at radius 2 is 1.63 bits per heavy atom. The quantitative estimate of drug-likeness (QED) is 0.708. The van der Waals surface area contributed by atoms with E-state index < -0.39 is 16.1 Å². The van der Waals surface area contributed by atoms with Crippen molar-refractivity contribution in [2.75, 3.05) is 17.7 Å². The zero-order valence-electron chi connectivity index (χ0n) is 17.4. The van der Waals surface area contributed by atoms with E-state index >= 15 is 0 Å². The molecule has 0 saturated heterocycles. The zero-order chi connectivity index (χ0) is 21.1. The van der Waals surface area contributed by atoms with Crippen molar-refractivity contribution in [2.24, 2.45) is 0 Å². The SMILES string of the molecule is CCN(Cc1ccccc1)CS(=O)(=O)NC(=O)Nc1c2c(cc3c1CCC3)CCC2. The van der Waals surface area contributed by atoms with Crippen LogP contribution >= 0.6 is 0 Å². The third kappa shape index (κ3) is 4.68. The Kier molecular flexibility index (Phi) is 6.11. The van der Waals surface area contributed by atoms with Gasteiger partial charge < -0.3 is 5.32 Å². The lowest BCUT2D eigenvalue weighted by molar-refractivity contribution is 0.256. The number of aryl methyl sites for hydroxylation is 2. The van der Waals surface area contributed by atoms with Crippen molar-refractivity contribution < 1.29 is 13.2 Å². The molecule has 0 fully saturated rings. The minimum absolute atomic E-state index is 0.225. The van der Waals surface area contributed by atoms with Crippen LogP contribution in [0.3, 0.4) is 0 Å². The molecular weight excluding hydrogens is 398 g/mol. The Hall–Kier alpha value is -2.38. The summed E-state index contributed by atoms with van der Waals surface area (Å²) in [4.78, 5) is 14.4. The second-order valence-electron chi connectivity index (χ2n) is 8.16. The maximum atomic E-state index is 12.6. The number of fused-ring (bicyclic) bond motifs is 2. The first kappa shape index (κ1) is 20.9. The van der Waals surface area contributed by atoms with Crippen LogP contribution in [0.15, 0.2) is 36.4 Å². The molecule has 0 aliphatic heterocycles. The molecule has 0 heterocycles. The zero-order valence-corrected chi connectivity index (χ0v) is 18.2. The molecule has 0 radical (unpaired) electrons. The predicted molar refractivity (Wildman–Crippen MR) is 119 cm³/mol. The molecule has 0 bridgehead atoms. The molecule has 6 nitrogen and oxygen atoms in total. The summed E-state index contributed by atoms with van der Waals surface area (Å²) in [6, 6.07) is 11.3. The van der Waals surface area contributed by atoms with Crippen LogP contribution in [-0.2, 0) is 42.3 Å². The first-order valence-corrected chi connectivity index (χ1v) is 12.3. The topological polar surface area (TPSA) is 78.5 Å². The highest BCUT2D eigenvalue weighted by atomic mass is 32.2. The Balaban J connectivity index is 1.44. The number of hydrogen-bond acceptors (Lipinski definition) is 4. The molecule has 2 aliphatic carbocycles. The summed E-state index contributed by atoms with van der Waals surface area (Å²) in [5, 5.41) is 2.89. The minimum atomic E-state index is -3.80. The number of nitrogens with one attached hydrogen (secondary N) is 2. The fourth-order valence-corrected chi connectivity index (χ4v) is 5.76. The van der Waals surface area contributed by atoms with Gasteiger partial charge in [-0.05, 0) is 72.9 Å². The van der Waals surface area contributed by atoms with E-state index in [0.717, 1.165) is 49.8 Å². The maximum absolute atomic E-state index is 12.6. The normalized spacial score (nSPS) is 15.1. The van der Waals surface area contributed by atoms with Gasteiger partial charge in [-0.2, -0.15) is 0 Å². The molecule has 0 saturated carbocycles. The van der Waals surface area contributed by atoms with Crippen molar-refractivity contribution in [1.82, 2.24) is 9.62 Å². The highest BCUT2D eigenvalue weighted by Gasteiger charge is 2.26. The standard InChI is InChI=1S/C23H29N3O3S/c1-2-26(15-17-8-4-3-5-9-17)16-30(28,29)25-23(27)24-22-20-12-6-10-18(20)14-19-11-7-13-21(19)22/h3-5,8-9,14H,2,6-7,10-13,15-16H2,1H3,(H2,24,25,27). The number of nitrogens with zero attached hydrogens (tertiary/aromatic N) is 1. The minimum Gasteiger partial charge on any atom is -0.307 e. The monoisotopic (exact) mass is 427 g/mol. The van der Waals surface area contributed by atoms with Crippen LogP contribution < -0.4 is 10.0 Å². The average Bonchev–Trinajstić information content (AvgIpc) is 3.36. The van der Waals surface area contributed by atoms with Crippen molar-refractivity contribution in [1.29, 1.82) is 0 Å². The number of anilines is 1. The Morgan fingerprint density at radius 1 is 1.00 bits per heavy atom. The van der Waals surface area contributed by atoms with Crippen molar-refractivity contribution in [3.8, 4) is 0 Å². The highest BCUT2D eigenvalue weighted by Crippen LogP contribution is 2.38. The van der Waals surface area contributed by atoms with Crippen molar-refractivity contribution in [3.63, 3.8) is 0 Å². The molecule has 2 amide bonds. The summed E-state index contributed by atoms with van der Waals surface area (Å²) >= 11 is 0. The third-order valence-corrected chi connectivity index (χ3v) is 7.21. The summed E-state index contributed by atoms with van der Waals surface area (Å²) in [5.74, 6) is -0.225. The van der Waals surface area contributed by atoms with E-state index in [-0.39, 0.29) is 5.88 Å². The van der Waals surface area contributed by atoms with Crippen molar-refractivity contribution in [2.45, 2.75) is 52.0 Å². The fourth-order valence-electron chi connectivity index (χ4n) is 4.61. The molecule has 0 aromatic heterocycles. The number of amides is 2. The number of carbonyl (C=O) groups is 1. The van der Waals surface area contributed by atoms with E-state index in [0.29, 0.717) is 13.1 Å². The van der Waals surface area contributed by atoms with Crippen LogP contribution in [0.1, 0.15) is 47.6 Å². The second kappa shape index (κ2) is 8.78. The van der Waals surface area contributed by atoms with E-state index in [4.69, 9.17) is 0 Å². The van der Waals surface area contributed by atoms with Crippen LogP contribution in [0.25, 0.3) is 0 Å². The lowest BCUT2D eigenvalue weighted by Gasteiger charge is -2.21. The predicted octanol–water partition coefficient (Wildman–Crippen LogP) is 3.59. The first-order chi connectivity index (χ1) is 14.4. The average molecular weight is 428 g/mol. The molecule has 0 atom stereocenters. The highest BCUT2D eigenvalue weighted by molar-refractivity contribution is 7.89. The molecule has 2 aromatic rings. The van der Waals surface area contributed by atoms with Crippen LogP contribution in [0.4, 0.5) is 10.5 Å². The molecule has 0 spiro atoms. The van der Waals surface area contributed by atoms with Gasteiger partial charge in [-0.1, -0.05) is 43.3 Å². The van der Waals surface area contributed by atoms with Gasteiger partial charge in [0.15, 0.2) is 0 Å². The van der Waals surface area contributed by atoms with Crippen LogP contribution in [0.5, 0.6) is 0 Å². The van der Waals surface area contributed by atoms with Gasteiger partial charge in [-0.3, -0.25) is 4.90 Å². The molecule has 2 aromatic carbocycles. The van der Waals surface area contributed by atoms with E-state index in [1.807, 2.05) is 37.3 Å². The summed E-state index contributed by atoms with van der Waals surface area (Å²) in [5.41, 5.74) is 6.85. The van der Waals surface area contributed by atoms with Gasteiger partial charge in [-0.15, -0.1) is 0 Å². The fraction of sp³-hybridized carbons (Fsp3) is 0.435. The molecule has 2 N–H and O–H groups in total. The second-order valence-corrected chi connectivity index (χ2v) is 9.86. The Morgan fingerprint density at radius 3 is 2.23 bits per heavy atom. The smallest absolute Gasteiger partial charge is 0.307 e. The van der Waals surface area contributed by atoms with Crippen molar-refractivity contribution >= 4 is 21.7 Å². The summed E-state index contributed by atoms with van der Waals surface area (Å²) in [6.45, 7) is 2.99. The van der Waals surface area contributed by atoms with Crippen LogP contribution in [0, 0.1) is 0 Å². The van der Waals surface area contributed by atoms with Crippen LogP contribution in [-0.4, -0.2) is 31.8 Å². The Bertz CT molecular complexity index is 1000. The van der Waals surface area contributed by atoms with E-state index in [9.17, 15) is 13.2 Å². The number of rotatable bonds is 7. The van der Waals surface area contributed by atoms with E-state index in [2.05, 4.69) is 16.1 Å². The van der Waals surface area contributed by atoms with E-state index in [1.54, 1.807) is 4.90 Å². The molecule has 7 heteroatoms. The number of urea groups is 1. The molecular formula is C23H29N3O3S. The summed E-state index contributed by atoms with van der Waals surface area (Å²) in [7, 11) is -3.80. The molecule has 30 heavy (non-hydrogen) atoms. The lowest BCUT2D eigenvalue weighted by Crippen LogP contribution is -2.41. The number of benzene rings is 2. The molecule has 2 aliphatic rings. The number of carbonyl (C=O) groups excluding carboxylic acids is 1. The van der Waals surface area contributed by atoms with Gasteiger partial charge in [0.25, 0.3) is 0 Å². The number of sulfonamides is 1. The third-order valence-electron chi connectivity index (χ3n) is 6.01. The largest absolute Gasteiger partial charge is 0.332 e. The van der Waals surface area contributed by atoms with Gasteiger partial charge in [0.1, 0.15) is 5.88 Å². The summed E-state index contributed by atoms with van der Waals surface area (Å²) in [6.07, 6.45) is 6.09.